The standard InChI is InChI=1S/C12H18N2OS/c1-8-3-4-11(16-8)7-14-12(15)9(2)10-5-13-6-10/h3-4,9-10,13H,5-7H2,1-2H3,(H,14,15). The first kappa shape index (κ1) is 11.6. The summed E-state index contributed by atoms with van der Waals surface area (Å²) < 4.78 is 0. The van der Waals surface area contributed by atoms with E-state index in [1.54, 1.807) is 11.3 Å². The molecule has 2 N–H and O–H groups in total. The van der Waals surface area contributed by atoms with Crippen LogP contribution in [0.4, 0.5) is 0 Å². The van der Waals surface area contributed by atoms with Crippen molar-refractivity contribution in [2.24, 2.45) is 11.8 Å². The van der Waals surface area contributed by atoms with E-state index in [9.17, 15) is 4.79 Å². The minimum atomic E-state index is 0.127. The summed E-state index contributed by atoms with van der Waals surface area (Å²) >= 11 is 1.74. The van der Waals surface area contributed by atoms with Gasteiger partial charge in [-0.05, 0) is 38.1 Å². The Hall–Kier alpha value is -0.870. The third-order valence-electron chi connectivity index (χ3n) is 3.17. The minimum Gasteiger partial charge on any atom is -0.351 e. The lowest BCUT2D eigenvalue weighted by Crippen LogP contribution is -2.49. The van der Waals surface area contributed by atoms with Crippen LogP contribution in [0.25, 0.3) is 0 Å². The molecule has 1 aliphatic rings. The molecule has 0 aromatic carbocycles. The molecule has 4 heteroatoms. The van der Waals surface area contributed by atoms with E-state index in [0.29, 0.717) is 12.5 Å². The zero-order valence-electron chi connectivity index (χ0n) is 9.75. The Kier molecular flexibility index (Phi) is 3.61. The highest BCUT2D eigenvalue weighted by molar-refractivity contribution is 7.11. The molecule has 0 radical (unpaired) electrons. The van der Waals surface area contributed by atoms with Gasteiger partial charge in [0.25, 0.3) is 0 Å². The Morgan fingerprint density at radius 1 is 1.62 bits per heavy atom. The molecule has 88 valence electrons. The lowest BCUT2D eigenvalue weighted by Gasteiger charge is -2.31. The summed E-state index contributed by atoms with van der Waals surface area (Å²) in [5.41, 5.74) is 0. The molecule has 1 unspecified atom stereocenters. The molecule has 0 spiro atoms. The third kappa shape index (κ3) is 2.62. The predicted molar refractivity (Wildman–Crippen MR) is 66.4 cm³/mol. The highest BCUT2D eigenvalue weighted by Gasteiger charge is 2.28. The Morgan fingerprint density at radius 3 is 2.88 bits per heavy atom. The van der Waals surface area contributed by atoms with Crippen LogP contribution in [-0.4, -0.2) is 19.0 Å². The summed E-state index contributed by atoms with van der Waals surface area (Å²) in [6, 6.07) is 4.17. The van der Waals surface area contributed by atoms with Crippen LogP contribution in [0, 0.1) is 18.8 Å². The molecule has 0 aliphatic carbocycles. The second-order valence-electron chi connectivity index (χ2n) is 4.44. The largest absolute Gasteiger partial charge is 0.351 e. The van der Waals surface area contributed by atoms with Gasteiger partial charge in [0.05, 0.1) is 6.54 Å². The topological polar surface area (TPSA) is 41.1 Å². The van der Waals surface area contributed by atoms with E-state index in [1.807, 2.05) is 6.92 Å². The number of amides is 1. The van der Waals surface area contributed by atoms with Crippen LogP contribution in [-0.2, 0) is 11.3 Å². The van der Waals surface area contributed by atoms with Crippen molar-refractivity contribution in [3.63, 3.8) is 0 Å². The number of carbonyl (C=O) groups is 1. The summed E-state index contributed by atoms with van der Waals surface area (Å²) in [6.07, 6.45) is 0. The van der Waals surface area contributed by atoms with Crippen molar-refractivity contribution >= 4 is 17.2 Å². The maximum absolute atomic E-state index is 11.8. The van der Waals surface area contributed by atoms with Crippen LogP contribution in [0.3, 0.4) is 0 Å². The Bertz CT molecular complexity index is 371. The van der Waals surface area contributed by atoms with E-state index < -0.39 is 0 Å². The zero-order valence-corrected chi connectivity index (χ0v) is 10.6. The van der Waals surface area contributed by atoms with Gasteiger partial charge in [-0.15, -0.1) is 11.3 Å². The van der Waals surface area contributed by atoms with Crippen LogP contribution in [0.5, 0.6) is 0 Å². The Labute approximate surface area is 100 Å². The Balaban J connectivity index is 1.78. The second kappa shape index (κ2) is 4.97. The van der Waals surface area contributed by atoms with Gasteiger partial charge in [-0.25, -0.2) is 0 Å². The van der Waals surface area contributed by atoms with Crippen molar-refractivity contribution in [1.82, 2.24) is 10.6 Å². The summed E-state index contributed by atoms with van der Waals surface area (Å²) in [5, 5.41) is 6.20. The molecule has 1 atom stereocenters. The number of carbonyl (C=O) groups excluding carboxylic acids is 1. The van der Waals surface area contributed by atoms with E-state index >= 15 is 0 Å². The molecule has 1 aromatic rings. The van der Waals surface area contributed by atoms with Crippen molar-refractivity contribution in [2.45, 2.75) is 20.4 Å². The van der Waals surface area contributed by atoms with Gasteiger partial charge in [0.2, 0.25) is 5.91 Å². The fraction of sp³-hybridized carbons (Fsp3) is 0.583. The van der Waals surface area contributed by atoms with E-state index in [-0.39, 0.29) is 11.8 Å². The summed E-state index contributed by atoms with van der Waals surface area (Å²) in [5.74, 6) is 0.824. The van der Waals surface area contributed by atoms with Gasteiger partial charge in [-0.2, -0.15) is 0 Å². The molecule has 0 saturated carbocycles. The Morgan fingerprint density at radius 2 is 2.38 bits per heavy atom. The molecule has 16 heavy (non-hydrogen) atoms. The van der Waals surface area contributed by atoms with Crippen molar-refractivity contribution in [3.05, 3.63) is 21.9 Å². The van der Waals surface area contributed by atoms with Gasteiger partial charge in [0.1, 0.15) is 0 Å². The number of thiophene rings is 1. The molecule has 1 fully saturated rings. The first-order chi connectivity index (χ1) is 7.66. The maximum Gasteiger partial charge on any atom is 0.223 e. The highest BCUT2D eigenvalue weighted by atomic mass is 32.1. The smallest absolute Gasteiger partial charge is 0.223 e. The number of aryl methyl sites for hydroxylation is 1. The summed E-state index contributed by atoms with van der Waals surface area (Å²) in [4.78, 5) is 14.3. The van der Waals surface area contributed by atoms with Gasteiger partial charge in [-0.1, -0.05) is 6.92 Å². The van der Waals surface area contributed by atoms with E-state index in [1.165, 1.54) is 9.75 Å². The van der Waals surface area contributed by atoms with Crippen molar-refractivity contribution in [2.75, 3.05) is 13.1 Å². The monoisotopic (exact) mass is 238 g/mol. The van der Waals surface area contributed by atoms with E-state index in [4.69, 9.17) is 0 Å². The molecular formula is C12H18N2OS. The number of rotatable bonds is 4. The van der Waals surface area contributed by atoms with Crippen LogP contribution < -0.4 is 10.6 Å². The lowest BCUT2D eigenvalue weighted by molar-refractivity contribution is -0.126. The first-order valence-electron chi connectivity index (χ1n) is 5.70. The van der Waals surface area contributed by atoms with Gasteiger partial charge in [0.15, 0.2) is 0 Å². The lowest BCUT2D eigenvalue weighted by atomic mass is 9.88. The van der Waals surface area contributed by atoms with Crippen LogP contribution >= 0.6 is 11.3 Å². The third-order valence-corrected chi connectivity index (χ3v) is 4.17. The van der Waals surface area contributed by atoms with Crippen LogP contribution in [0.2, 0.25) is 0 Å². The number of hydrogen-bond acceptors (Lipinski definition) is 3. The van der Waals surface area contributed by atoms with Crippen molar-refractivity contribution < 1.29 is 4.79 Å². The quantitative estimate of drug-likeness (QED) is 0.835. The van der Waals surface area contributed by atoms with E-state index in [0.717, 1.165) is 13.1 Å². The fourth-order valence-corrected chi connectivity index (χ4v) is 2.62. The summed E-state index contributed by atoms with van der Waals surface area (Å²) in [6.45, 7) is 6.72. The van der Waals surface area contributed by atoms with Crippen LogP contribution in [0.1, 0.15) is 16.7 Å². The molecule has 2 heterocycles. The maximum atomic E-state index is 11.8. The average Bonchev–Trinajstić information content (AvgIpc) is 2.58. The number of nitrogens with one attached hydrogen (secondary N) is 2. The molecular weight excluding hydrogens is 220 g/mol. The van der Waals surface area contributed by atoms with Gasteiger partial charge >= 0.3 is 0 Å². The molecule has 1 amide bonds. The highest BCUT2D eigenvalue weighted by Crippen LogP contribution is 2.17. The minimum absolute atomic E-state index is 0.127. The SMILES string of the molecule is Cc1ccc(CNC(=O)C(C)C2CNC2)s1. The summed E-state index contributed by atoms with van der Waals surface area (Å²) in [7, 11) is 0. The van der Waals surface area contributed by atoms with Gasteiger partial charge < -0.3 is 10.6 Å². The molecule has 1 saturated heterocycles. The van der Waals surface area contributed by atoms with Gasteiger partial charge in [-0.3, -0.25) is 4.79 Å². The fourth-order valence-electron chi connectivity index (χ4n) is 1.79. The van der Waals surface area contributed by atoms with Gasteiger partial charge in [0, 0.05) is 15.7 Å². The zero-order chi connectivity index (χ0) is 11.5. The molecule has 2 rings (SSSR count). The van der Waals surface area contributed by atoms with Crippen molar-refractivity contribution in [1.29, 1.82) is 0 Å². The second-order valence-corrected chi connectivity index (χ2v) is 5.81. The predicted octanol–water partition coefficient (Wildman–Crippen LogP) is 1.53. The molecule has 0 bridgehead atoms. The van der Waals surface area contributed by atoms with E-state index in [2.05, 4.69) is 29.7 Å². The molecule has 1 aliphatic heterocycles. The van der Waals surface area contributed by atoms with Crippen molar-refractivity contribution in [3.8, 4) is 0 Å². The first-order valence-corrected chi connectivity index (χ1v) is 6.52. The van der Waals surface area contributed by atoms with Crippen LogP contribution in [0.15, 0.2) is 12.1 Å². The number of hydrogen-bond donors (Lipinski definition) is 2. The molecule has 1 aromatic heterocycles. The normalized spacial score (nSPS) is 17.9. The molecule has 3 nitrogen and oxygen atoms in total. The average molecular weight is 238 g/mol.